The molecule has 1 N–H and O–H groups in total. The van der Waals surface area contributed by atoms with Crippen molar-refractivity contribution in [3.8, 4) is 0 Å². The van der Waals surface area contributed by atoms with Crippen LogP contribution in [-0.2, 0) is 9.59 Å². The number of nitrogens with zero attached hydrogens (tertiary/aromatic N) is 1. The van der Waals surface area contributed by atoms with Crippen molar-refractivity contribution in [3.05, 3.63) is 28.0 Å². The van der Waals surface area contributed by atoms with Crippen molar-refractivity contribution in [1.29, 1.82) is 0 Å². The summed E-state index contributed by atoms with van der Waals surface area (Å²) in [6, 6.07) is 3.94. The fourth-order valence-corrected chi connectivity index (χ4v) is 2.59. The summed E-state index contributed by atoms with van der Waals surface area (Å²) in [5.74, 6) is -0.699. The van der Waals surface area contributed by atoms with Gasteiger partial charge in [0.1, 0.15) is 6.54 Å². The molecule has 1 aromatic rings. The first kappa shape index (κ1) is 13.8. The van der Waals surface area contributed by atoms with Crippen molar-refractivity contribution >= 4 is 29.3 Å². The van der Waals surface area contributed by atoms with Gasteiger partial charge in [0.25, 0.3) is 0 Å². The third-order valence-corrected chi connectivity index (χ3v) is 3.93. The third-order valence-electron chi connectivity index (χ3n) is 2.96. The molecule has 19 heavy (non-hydrogen) atoms. The highest BCUT2D eigenvalue weighted by Crippen LogP contribution is 2.29. The molecule has 0 spiro atoms. The Balaban J connectivity index is 1.97. The van der Waals surface area contributed by atoms with Crippen LogP contribution < -0.4 is 0 Å². The molecule has 0 bridgehead atoms. The van der Waals surface area contributed by atoms with Gasteiger partial charge in [0.15, 0.2) is 0 Å². The molecule has 0 unspecified atom stereocenters. The normalized spacial score (nSPS) is 14.8. The number of amides is 1. The second-order valence-corrected chi connectivity index (χ2v) is 6.16. The maximum Gasteiger partial charge on any atom is 0.323 e. The Kier molecular flexibility index (Phi) is 4.37. The highest BCUT2D eigenvalue weighted by molar-refractivity contribution is 7.12. The van der Waals surface area contributed by atoms with Crippen molar-refractivity contribution in [3.63, 3.8) is 0 Å². The summed E-state index contributed by atoms with van der Waals surface area (Å²) in [5.41, 5.74) is 0. The van der Waals surface area contributed by atoms with Gasteiger partial charge in [0, 0.05) is 22.4 Å². The van der Waals surface area contributed by atoms with Crippen LogP contribution in [0.1, 0.15) is 22.6 Å². The molecular formula is C14H17NO3S. The first-order valence-electron chi connectivity index (χ1n) is 6.30. The lowest BCUT2D eigenvalue weighted by molar-refractivity contribution is -0.142. The monoisotopic (exact) mass is 279 g/mol. The smallest absolute Gasteiger partial charge is 0.323 e. The van der Waals surface area contributed by atoms with Gasteiger partial charge in [0.05, 0.1) is 0 Å². The quantitative estimate of drug-likeness (QED) is 0.813. The predicted molar refractivity (Wildman–Crippen MR) is 75.0 cm³/mol. The summed E-state index contributed by atoms with van der Waals surface area (Å²) in [6.45, 7) is 2.34. The van der Waals surface area contributed by atoms with Crippen LogP contribution in [0.25, 0.3) is 6.08 Å². The fraction of sp³-hybridized carbons (Fsp3) is 0.429. The molecule has 0 aromatic carbocycles. The number of carboxylic acids is 1. The Bertz CT molecular complexity index is 503. The highest BCUT2D eigenvalue weighted by Gasteiger charge is 2.27. The van der Waals surface area contributed by atoms with Gasteiger partial charge >= 0.3 is 5.97 Å². The van der Waals surface area contributed by atoms with Crippen molar-refractivity contribution in [2.75, 3.05) is 13.1 Å². The molecular weight excluding hydrogens is 262 g/mol. The van der Waals surface area contributed by atoms with Gasteiger partial charge < -0.3 is 10.0 Å². The summed E-state index contributed by atoms with van der Waals surface area (Å²) in [6.07, 6.45) is 5.41. The highest BCUT2D eigenvalue weighted by atomic mass is 32.1. The molecule has 1 heterocycles. The molecule has 0 saturated heterocycles. The van der Waals surface area contributed by atoms with Crippen molar-refractivity contribution < 1.29 is 14.7 Å². The van der Waals surface area contributed by atoms with E-state index in [4.69, 9.17) is 5.11 Å². The standard InChI is InChI=1S/C14H17NO3S/c1-10-2-5-12(19-10)6-7-13(16)15(9-14(17)18)8-11-3-4-11/h2,5-7,11H,3-4,8-9H2,1H3,(H,17,18)/b7-6+. The maximum atomic E-state index is 12.0. The maximum absolute atomic E-state index is 12.0. The summed E-state index contributed by atoms with van der Waals surface area (Å²) >= 11 is 1.61. The fourth-order valence-electron chi connectivity index (χ4n) is 1.81. The zero-order chi connectivity index (χ0) is 13.8. The molecule has 0 aliphatic heterocycles. The van der Waals surface area contributed by atoms with Gasteiger partial charge in [-0.1, -0.05) is 0 Å². The van der Waals surface area contributed by atoms with E-state index in [1.807, 2.05) is 19.1 Å². The molecule has 2 rings (SSSR count). The zero-order valence-corrected chi connectivity index (χ0v) is 11.7. The number of hydrogen-bond donors (Lipinski definition) is 1. The number of aryl methyl sites for hydroxylation is 1. The van der Waals surface area contributed by atoms with Crippen molar-refractivity contribution in [1.82, 2.24) is 4.90 Å². The van der Waals surface area contributed by atoms with Gasteiger partial charge in [-0.25, -0.2) is 0 Å². The minimum Gasteiger partial charge on any atom is -0.480 e. The Morgan fingerprint density at radius 1 is 1.47 bits per heavy atom. The van der Waals surface area contributed by atoms with Gasteiger partial charge in [-0.3, -0.25) is 9.59 Å². The summed E-state index contributed by atoms with van der Waals surface area (Å²) in [7, 11) is 0. The van der Waals surface area contributed by atoms with Gasteiger partial charge in [-0.15, -0.1) is 11.3 Å². The minimum absolute atomic E-state index is 0.219. The number of carbonyl (C=O) groups excluding carboxylic acids is 1. The summed E-state index contributed by atoms with van der Waals surface area (Å²) in [4.78, 5) is 26.4. The molecule has 1 saturated carbocycles. The van der Waals surface area contributed by atoms with Crippen LogP contribution >= 0.6 is 11.3 Å². The Hall–Kier alpha value is -1.62. The van der Waals surface area contributed by atoms with Gasteiger partial charge in [-0.05, 0) is 43.9 Å². The third kappa shape index (κ3) is 4.52. The predicted octanol–water partition coefficient (Wildman–Crippen LogP) is 2.39. The molecule has 0 radical (unpaired) electrons. The van der Waals surface area contributed by atoms with Crippen LogP contribution in [0.5, 0.6) is 0 Å². The van der Waals surface area contributed by atoms with Gasteiger partial charge in [0.2, 0.25) is 5.91 Å². The summed E-state index contributed by atoms with van der Waals surface area (Å²) in [5, 5.41) is 8.84. The van der Waals surface area contributed by atoms with Crippen LogP contribution in [-0.4, -0.2) is 35.0 Å². The van der Waals surface area contributed by atoms with Crippen molar-refractivity contribution in [2.24, 2.45) is 5.92 Å². The second kappa shape index (κ2) is 6.02. The number of hydrogen-bond acceptors (Lipinski definition) is 3. The zero-order valence-electron chi connectivity index (χ0n) is 10.8. The Morgan fingerprint density at radius 3 is 2.74 bits per heavy atom. The topological polar surface area (TPSA) is 57.6 Å². The van der Waals surface area contributed by atoms with E-state index in [0.717, 1.165) is 17.7 Å². The number of carboxylic acid groups (broad SMARTS) is 1. The lowest BCUT2D eigenvalue weighted by Crippen LogP contribution is -2.36. The summed E-state index contributed by atoms with van der Waals surface area (Å²) < 4.78 is 0. The number of aliphatic carboxylic acids is 1. The SMILES string of the molecule is Cc1ccc(/C=C/C(=O)N(CC(=O)O)CC2CC2)s1. The van der Waals surface area contributed by atoms with Crippen molar-refractivity contribution in [2.45, 2.75) is 19.8 Å². The Morgan fingerprint density at radius 2 is 2.21 bits per heavy atom. The average molecular weight is 279 g/mol. The van der Waals surface area contributed by atoms with E-state index in [0.29, 0.717) is 12.5 Å². The number of thiophene rings is 1. The molecule has 1 aliphatic carbocycles. The number of rotatable bonds is 6. The van der Waals surface area contributed by atoms with Crippen LogP contribution in [0.4, 0.5) is 0 Å². The molecule has 1 aromatic heterocycles. The first-order chi connectivity index (χ1) is 9.04. The van der Waals surface area contributed by atoms with E-state index in [9.17, 15) is 9.59 Å². The minimum atomic E-state index is -0.964. The second-order valence-electron chi connectivity index (χ2n) is 4.84. The molecule has 102 valence electrons. The van der Waals surface area contributed by atoms with E-state index in [1.165, 1.54) is 15.9 Å². The molecule has 1 fully saturated rings. The molecule has 4 nitrogen and oxygen atoms in total. The first-order valence-corrected chi connectivity index (χ1v) is 7.11. The van der Waals surface area contributed by atoms with Crippen LogP contribution in [0.3, 0.4) is 0 Å². The van der Waals surface area contributed by atoms with E-state index in [1.54, 1.807) is 17.4 Å². The molecule has 0 atom stereocenters. The lowest BCUT2D eigenvalue weighted by Gasteiger charge is -2.18. The van der Waals surface area contributed by atoms with E-state index >= 15 is 0 Å². The van der Waals surface area contributed by atoms with Gasteiger partial charge in [-0.2, -0.15) is 0 Å². The molecule has 5 heteroatoms. The number of carbonyl (C=O) groups is 2. The van der Waals surface area contributed by atoms with Crippen LogP contribution in [0.2, 0.25) is 0 Å². The molecule has 1 amide bonds. The largest absolute Gasteiger partial charge is 0.480 e. The average Bonchev–Trinajstić information content (AvgIpc) is 3.06. The van der Waals surface area contributed by atoms with E-state index in [2.05, 4.69) is 0 Å². The van der Waals surface area contributed by atoms with Crippen LogP contribution in [0, 0.1) is 12.8 Å². The Labute approximate surface area is 116 Å². The molecule has 1 aliphatic rings. The lowest BCUT2D eigenvalue weighted by atomic mass is 10.3. The van der Waals surface area contributed by atoms with E-state index in [-0.39, 0.29) is 12.5 Å². The van der Waals surface area contributed by atoms with E-state index < -0.39 is 5.97 Å². The van der Waals surface area contributed by atoms with Crippen LogP contribution in [0.15, 0.2) is 18.2 Å².